The van der Waals surface area contributed by atoms with E-state index in [2.05, 4.69) is 53.8 Å². The maximum atomic E-state index is 12.8. The van der Waals surface area contributed by atoms with Crippen molar-refractivity contribution in [2.45, 2.75) is 38.5 Å². The fourth-order valence-electron chi connectivity index (χ4n) is 4.67. The molecule has 4 nitrogen and oxygen atoms in total. The van der Waals surface area contributed by atoms with E-state index in [0.29, 0.717) is 19.4 Å². The molecule has 0 bridgehead atoms. The summed E-state index contributed by atoms with van der Waals surface area (Å²) in [4.78, 5) is 26.6. The van der Waals surface area contributed by atoms with Crippen LogP contribution in [0.2, 0.25) is 0 Å². The molecule has 1 atom stereocenters. The number of carbonyl (C=O) groups excluding carboxylic acids is 2. The highest BCUT2D eigenvalue weighted by Gasteiger charge is 2.29. The third kappa shape index (κ3) is 3.82. The van der Waals surface area contributed by atoms with Crippen molar-refractivity contribution in [2.24, 2.45) is 5.92 Å². The molecule has 2 aromatic rings. The highest BCUT2D eigenvalue weighted by molar-refractivity contribution is 5.80. The molecule has 1 N–H and O–H groups in total. The molecule has 1 saturated heterocycles. The van der Waals surface area contributed by atoms with Gasteiger partial charge in [-0.3, -0.25) is 9.59 Å². The minimum absolute atomic E-state index is 0.0684. The number of benzene rings is 2. The molecule has 0 unspecified atom stereocenters. The van der Waals surface area contributed by atoms with Gasteiger partial charge in [0.1, 0.15) is 0 Å². The van der Waals surface area contributed by atoms with Gasteiger partial charge in [0.05, 0.1) is 0 Å². The summed E-state index contributed by atoms with van der Waals surface area (Å²) in [5, 5.41) is 3.10. The minimum Gasteiger partial charge on any atom is -0.356 e. The number of amides is 2. The number of hydrogen-bond acceptors (Lipinski definition) is 2. The summed E-state index contributed by atoms with van der Waals surface area (Å²) in [6.45, 7) is 4.08. The maximum absolute atomic E-state index is 12.8. The molecule has 28 heavy (non-hydrogen) atoms. The molecule has 0 saturated carbocycles. The standard InChI is InChI=1S/C24H28N2O2/c1-2-26-16-17(13-24(26)28)15-25-23(27)14-22-20-9-5-3-7-18(20)11-12-19-8-4-6-10-21(19)22/h3-10,17,22H,2,11-16H2,1H3,(H,25,27)/t17-/m0/s1. The number of likely N-dealkylation sites (tertiary alicyclic amines) is 1. The first-order valence-electron chi connectivity index (χ1n) is 10.4. The van der Waals surface area contributed by atoms with Crippen LogP contribution in [-0.4, -0.2) is 36.3 Å². The molecule has 4 heteroatoms. The topological polar surface area (TPSA) is 49.4 Å². The van der Waals surface area contributed by atoms with Crippen LogP contribution in [0.15, 0.2) is 48.5 Å². The summed E-state index contributed by atoms with van der Waals surface area (Å²) in [7, 11) is 0. The first kappa shape index (κ1) is 18.7. The molecule has 1 heterocycles. The van der Waals surface area contributed by atoms with E-state index in [9.17, 15) is 9.59 Å². The Hall–Kier alpha value is -2.62. The molecular formula is C24H28N2O2. The molecule has 0 radical (unpaired) electrons. The quantitative estimate of drug-likeness (QED) is 0.871. The third-order valence-electron chi connectivity index (χ3n) is 6.18. The number of hydrogen-bond donors (Lipinski definition) is 1. The lowest BCUT2D eigenvalue weighted by Gasteiger charge is -2.21. The number of nitrogens with one attached hydrogen (secondary N) is 1. The molecule has 2 aromatic carbocycles. The lowest BCUT2D eigenvalue weighted by atomic mass is 9.85. The van der Waals surface area contributed by atoms with E-state index in [4.69, 9.17) is 0 Å². The predicted octanol–water partition coefficient (Wildman–Crippen LogP) is 3.29. The molecule has 0 spiro atoms. The van der Waals surface area contributed by atoms with Gasteiger partial charge in [0.25, 0.3) is 0 Å². The van der Waals surface area contributed by atoms with Crippen LogP contribution in [0.4, 0.5) is 0 Å². The van der Waals surface area contributed by atoms with Gasteiger partial charge in [-0.2, -0.15) is 0 Å². The average Bonchev–Trinajstić information content (AvgIpc) is 3.01. The fraction of sp³-hybridized carbons (Fsp3) is 0.417. The van der Waals surface area contributed by atoms with E-state index in [1.807, 2.05) is 11.8 Å². The Bertz CT molecular complexity index is 829. The lowest BCUT2D eigenvalue weighted by molar-refractivity contribution is -0.127. The Morgan fingerprint density at radius 1 is 1.04 bits per heavy atom. The molecule has 2 aliphatic rings. The summed E-state index contributed by atoms with van der Waals surface area (Å²) in [5.74, 6) is 0.588. The smallest absolute Gasteiger partial charge is 0.222 e. The lowest BCUT2D eigenvalue weighted by Crippen LogP contribution is -2.32. The number of aryl methyl sites for hydroxylation is 2. The van der Waals surface area contributed by atoms with Gasteiger partial charge in [0.2, 0.25) is 11.8 Å². The highest BCUT2D eigenvalue weighted by Crippen LogP contribution is 2.36. The van der Waals surface area contributed by atoms with Crippen molar-refractivity contribution in [2.75, 3.05) is 19.6 Å². The predicted molar refractivity (Wildman–Crippen MR) is 110 cm³/mol. The summed E-state index contributed by atoms with van der Waals surface area (Å²) in [5.41, 5.74) is 5.24. The van der Waals surface area contributed by atoms with Crippen LogP contribution in [0.1, 0.15) is 47.9 Å². The SMILES string of the molecule is CCN1C[C@H](CNC(=O)CC2c3ccccc3CCc3ccccc32)CC1=O. The van der Waals surface area contributed by atoms with Crippen LogP contribution < -0.4 is 5.32 Å². The van der Waals surface area contributed by atoms with Gasteiger partial charge in [-0.05, 0) is 42.0 Å². The van der Waals surface area contributed by atoms with Gasteiger partial charge in [-0.15, -0.1) is 0 Å². The van der Waals surface area contributed by atoms with E-state index in [1.54, 1.807) is 0 Å². The first-order valence-corrected chi connectivity index (χ1v) is 10.4. The van der Waals surface area contributed by atoms with E-state index in [0.717, 1.165) is 25.9 Å². The van der Waals surface area contributed by atoms with Crippen molar-refractivity contribution >= 4 is 11.8 Å². The van der Waals surface area contributed by atoms with Crippen molar-refractivity contribution < 1.29 is 9.59 Å². The number of rotatable bonds is 5. The van der Waals surface area contributed by atoms with Gasteiger partial charge in [0.15, 0.2) is 0 Å². The summed E-state index contributed by atoms with van der Waals surface area (Å²) in [6, 6.07) is 17.0. The van der Waals surface area contributed by atoms with Crippen molar-refractivity contribution in [3.8, 4) is 0 Å². The Morgan fingerprint density at radius 2 is 1.64 bits per heavy atom. The van der Waals surface area contributed by atoms with Crippen LogP contribution in [0.5, 0.6) is 0 Å². The molecule has 1 aliphatic carbocycles. The second-order valence-corrected chi connectivity index (χ2v) is 7.96. The zero-order chi connectivity index (χ0) is 19.5. The van der Waals surface area contributed by atoms with E-state index < -0.39 is 0 Å². The van der Waals surface area contributed by atoms with Gasteiger partial charge in [-0.1, -0.05) is 48.5 Å². The zero-order valence-corrected chi connectivity index (χ0v) is 16.5. The Balaban J connectivity index is 1.48. The van der Waals surface area contributed by atoms with E-state index >= 15 is 0 Å². The van der Waals surface area contributed by atoms with Crippen LogP contribution >= 0.6 is 0 Å². The molecule has 4 rings (SSSR count). The molecule has 0 aromatic heterocycles. The minimum atomic E-state index is 0.0684. The van der Waals surface area contributed by atoms with Gasteiger partial charge in [0, 0.05) is 44.3 Å². The normalized spacial score (nSPS) is 19.1. The van der Waals surface area contributed by atoms with Gasteiger partial charge in [-0.25, -0.2) is 0 Å². The van der Waals surface area contributed by atoms with E-state index in [-0.39, 0.29) is 23.7 Å². The molecule has 1 aliphatic heterocycles. The van der Waals surface area contributed by atoms with Crippen LogP contribution in [-0.2, 0) is 22.4 Å². The number of carbonyl (C=O) groups is 2. The van der Waals surface area contributed by atoms with Crippen molar-refractivity contribution in [1.29, 1.82) is 0 Å². The highest BCUT2D eigenvalue weighted by atomic mass is 16.2. The summed E-state index contributed by atoms with van der Waals surface area (Å²) in [6.07, 6.45) is 3.03. The van der Waals surface area contributed by atoms with Crippen LogP contribution in [0.3, 0.4) is 0 Å². The molecule has 146 valence electrons. The molecule has 2 amide bonds. The molecular weight excluding hydrogens is 348 g/mol. The summed E-state index contributed by atoms with van der Waals surface area (Å²) < 4.78 is 0. The fourth-order valence-corrected chi connectivity index (χ4v) is 4.67. The molecule has 1 fully saturated rings. The van der Waals surface area contributed by atoms with Crippen molar-refractivity contribution in [3.05, 3.63) is 70.8 Å². The first-order chi connectivity index (χ1) is 13.7. The van der Waals surface area contributed by atoms with Gasteiger partial charge >= 0.3 is 0 Å². The van der Waals surface area contributed by atoms with Crippen molar-refractivity contribution in [1.82, 2.24) is 10.2 Å². The van der Waals surface area contributed by atoms with Gasteiger partial charge < -0.3 is 10.2 Å². The largest absolute Gasteiger partial charge is 0.356 e. The van der Waals surface area contributed by atoms with Crippen LogP contribution in [0.25, 0.3) is 0 Å². The Morgan fingerprint density at radius 3 is 2.21 bits per heavy atom. The average molecular weight is 377 g/mol. The number of fused-ring (bicyclic) bond motifs is 2. The van der Waals surface area contributed by atoms with E-state index in [1.165, 1.54) is 22.3 Å². The third-order valence-corrected chi connectivity index (χ3v) is 6.18. The monoisotopic (exact) mass is 376 g/mol. The second kappa shape index (κ2) is 8.17. The van der Waals surface area contributed by atoms with Crippen molar-refractivity contribution in [3.63, 3.8) is 0 Å². The second-order valence-electron chi connectivity index (χ2n) is 7.96. The summed E-state index contributed by atoms with van der Waals surface area (Å²) >= 11 is 0. The Labute approximate surface area is 166 Å². The maximum Gasteiger partial charge on any atom is 0.222 e. The Kier molecular flexibility index (Phi) is 5.47. The number of nitrogens with zero attached hydrogens (tertiary/aromatic N) is 1. The van der Waals surface area contributed by atoms with Crippen LogP contribution in [0, 0.1) is 5.92 Å². The zero-order valence-electron chi connectivity index (χ0n) is 16.5.